The maximum atomic E-state index is 12.9. The average molecular weight is 361 g/mol. The number of amides is 1. The Hall–Kier alpha value is -1.82. The molecule has 0 aliphatic carbocycles. The van der Waals surface area contributed by atoms with E-state index in [2.05, 4.69) is 11.8 Å². The highest BCUT2D eigenvalue weighted by molar-refractivity contribution is 5.87. The van der Waals surface area contributed by atoms with Crippen LogP contribution in [0.4, 0.5) is 0 Å². The fourth-order valence-electron chi connectivity index (χ4n) is 4.26. The van der Waals surface area contributed by atoms with Crippen molar-refractivity contribution in [2.75, 3.05) is 33.3 Å². The minimum absolute atomic E-state index is 0.0261. The summed E-state index contributed by atoms with van der Waals surface area (Å²) in [4.78, 5) is 29.2. The lowest BCUT2D eigenvalue weighted by atomic mass is 10.0. The zero-order valence-electron chi connectivity index (χ0n) is 16.0. The number of ether oxygens (including phenoxy) is 1. The summed E-state index contributed by atoms with van der Waals surface area (Å²) in [5.41, 5.74) is 0.593. The van der Waals surface area contributed by atoms with Gasteiger partial charge in [0.1, 0.15) is 5.69 Å². The molecule has 2 fully saturated rings. The highest BCUT2D eigenvalue weighted by atomic mass is 16.5. The summed E-state index contributed by atoms with van der Waals surface area (Å²) in [5.74, 6) is -0.0469. The van der Waals surface area contributed by atoms with Crippen molar-refractivity contribution in [3.63, 3.8) is 0 Å². The van der Waals surface area contributed by atoms with Gasteiger partial charge in [0, 0.05) is 25.3 Å². The largest absolute Gasteiger partial charge is 0.464 e. The minimum atomic E-state index is -0.303. The van der Waals surface area contributed by atoms with E-state index < -0.39 is 0 Å². The van der Waals surface area contributed by atoms with Gasteiger partial charge in [0.05, 0.1) is 13.2 Å². The van der Waals surface area contributed by atoms with Gasteiger partial charge in [0.25, 0.3) is 0 Å². The van der Waals surface area contributed by atoms with Crippen molar-refractivity contribution >= 4 is 11.9 Å². The summed E-state index contributed by atoms with van der Waals surface area (Å²) in [6.45, 7) is 5.63. The molecule has 3 rings (SSSR count). The van der Waals surface area contributed by atoms with Crippen LogP contribution in [-0.2, 0) is 9.53 Å². The van der Waals surface area contributed by atoms with Crippen molar-refractivity contribution in [1.82, 2.24) is 14.4 Å². The van der Waals surface area contributed by atoms with Gasteiger partial charge in [-0.25, -0.2) is 4.79 Å². The summed E-state index contributed by atoms with van der Waals surface area (Å²) in [7, 11) is 1.41. The predicted octanol–water partition coefficient (Wildman–Crippen LogP) is 2.70. The van der Waals surface area contributed by atoms with Crippen LogP contribution in [-0.4, -0.2) is 65.6 Å². The standard InChI is InChI=1S/C20H31N3O3/c1-16(21-11-5-3-4-6-12-21)19(24)22-14-9-17(10-15-22)23-13-7-8-18(23)20(25)26-2/h7-8,13,16-17H,3-6,9-12,14-15H2,1-2H3. The van der Waals surface area contributed by atoms with Gasteiger partial charge >= 0.3 is 5.97 Å². The van der Waals surface area contributed by atoms with Gasteiger partial charge in [-0.05, 0) is 57.8 Å². The molecule has 2 saturated heterocycles. The van der Waals surface area contributed by atoms with E-state index in [-0.39, 0.29) is 24.0 Å². The minimum Gasteiger partial charge on any atom is -0.464 e. The molecule has 26 heavy (non-hydrogen) atoms. The third-order valence-corrected chi connectivity index (χ3v) is 5.89. The number of nitrogens with zero attached hydrogens (tertiary/aromatic N) is 3. The third kappa shape index (κ3) is 4.11. The number of hydrogen-bond acceptors (Lipinski definition) is 4. The van der Waals surface area contributed by atoms with Gasteiger partial charge < -0.3 is 14.2 Å². The molecule has 0 aromatic carbocycles. The number of rotatable bonds is 4. The Morgan fingerprint density at radius 2 is 1.73 bits per heavy atom. The quantitative estimate of drug-likeness (QED) is 0.774. The molecule has 1 aromatic heterocycles. The molecule has 0 saturated carbocycles. The fraction of sp³-hybridized carbons (Fsp3) is 0.700. The first-order valence-corrected chi connectivity index (χ1v) is 9.90. The van der Waals surface area contributed by atoms with E-state index in [1.807, 2.05) is 21.7 Å². The Morgan fingerprint density at radius 3 is 2.35 bits per heavy atom. The fourth-order valence-corrected chi connectivity index (χ4v) is 4.26. The second kappa shape index (κ2) is 8.71. The van der Waals surface area contributed by atoms with E-state index in [9.17, 15) is 9.59 Å². The van der Waals surface area contributed by atoms with E-state index in [4.69, 9.17) is 4.74 Å². The van der Waals surface area contributed by atoms with Gasteiger partial charge in [-0.1, -0.05) is 12.8 Å². The Balaban J connectivity index is 1.57. The van der Waals surface area contributed by atoms with Gasteiger partial charge in [0.2, 0.25) is 5.91 Å². The molecule has 1 atom stereocenters. The summed E-state index contributed by atoms with van der Waals surface area (Å²) >= 11 is 0. The molecule has 3 heterocycles. The lowest BCUT2D eigenvalue weighted by Crippen LogP contribution is -2.50. The highest BCUT2D eigenvalue weighted by Gasteiger charge is 2.30. The molecule has 1 amide bonds. The summed E-state index contributed by atoms with van der Waals surface area (Å²) in [6.07, 6.45) is 8.64. The number of aromatic nitrogens is 1. The second-order valence-electron chi connectivity index (χ2n) is 7.47. The van der Waals surface area contributed by atoms with E-state index >= 15 is 0 Å². The molecule has 0 spiro atoms. The number of likely N-dealkylation sites (tertiary alicyclic amines) is 2. The lowest BCUT2D eigenvalue weighted by molar-refractivity contribution is -0.137. The number of carbonyl (C=O) groups is 2. The van der Waals surface area contributed by atoms with Crippen molar-refractivity contribution in [3.8, 4) is 0 Å². The van der Waals surface area contributed by atoms with Crippen molar-refractivity contribution in [2.24, 2.45) is 0 Å². The maximum absolute atomic E-state index is 12.9. The summed E-state index contributed by atoms with van der Waals surface area (Å²) < 4.78 is 6.87. The Kier molecular flexibility index (Phi) is 6.35. The van der Waals surface area contributed by atoms with Crippen LogP contribution in [0.25, 0.3) is 0 Å². The monoisotopic (exact) mass is 361 g/mol. The Bertz CT molecular complexity index is 612. The molecule has 2 aliphatic rings. The Labute approximate surface area is 156 Å². The van der Waals surface area contributed by atoms with Crippen LogP contribution < -0.4 is 0 Å². The van der Waals surface area contributed by atoms with Gasteiger partial charge in [-0.3, -0.25) is 9.69 Å². The Morgan fingerprint density at radius 1 is 1.08 bits per heavy atom. The van der Waals surface area contributed by atoms with Crippen LogP contribution in [0.2, 0.25) is 0 Å². The van der Waals surface area contributed by atoms with E-state index in [1.165, 1.54) is 32.8 Å². The molecule has 0 bridgehead atoms. The molecular weight excluding hydrogens is 330 g/mol. The van der Waals surface area contributed by atoms with E-state index in [1.54, 1.807) is 6.07 Å². The van der Waals surface area contributed by atoms with Crippen molar-refractivity contribution in [1.29, 1.82) is 0 Å². The van der Waals surface area contributed by atoms with E-state index in [0.717, 1.165) is 39.0 Å². The molecule has 6 nitrogen and oxygen atoms in total. The predicted molar refractivity (Wildman–Crippen MR) is 100 cm³/mol. The number of methoxy groups -OCH3 is 1. The van der Waals surface area contributed by atoms with Gasteiger partial charge in [0.15, 0.2) is 0 Å². The molecule has 1 unspecified atom stereocenters. The summed E-state index contributed by atoms with van der Waals surface area (Å²) in [5, 5.41) is 0. The van der Waals surface area contributed by atoms with Crippen LogP contribution >= 0.6 is 0 Å². The number of hydrogen-bond donors (Lipinski definition) is 0. The first-order valence-electron chi connectivity index (χ1n) is 9.90. The average Bonchev–Trinajstić information content (AvgIpc) is 3.01. The second-order valence-corrected chi connectivity index (χ2v) is 7.47. The van der Waals surface area contributed by atoms with Crippen molar-refractivity contribution in [2.45, 2.75) is 57.5 Å². The lowest BCUT2D eigenvalue weighted by Gasteiger charge is -2.37. The van der Waals surface area contributed by atoms with Crippen LogP contribution in [0.5, 0.6) is 0 Å². The van der Waals surface area contributed by atoms with Gasteiger partial charge in [-0.2, -0.15) is 0 Å². The first kappa shape index (κ1) is 19.0. The smallest absolute Gasteiger partial charge is 0.354 e. The van der Waals surface area contributed by atoms with Crippen LogP contribution in [0.15, 0.2) is 18.3 Å². The molecule has 144 valence electrons. The van der Waals surface area contributed by atoms with E-state index in [0.29, 0.717) is 5.69 Å². The molecule has 1 aromatic rings. The third-order valence-electron chi connectivity index (χ3n) is 5.89. The molecular formula is C20H31N3O3. The maximum Gasteiger partial charge on any atom is 0.354 e. The zero-order chi connectivity index (χ0) is 18.5. The molecule has 2 aliphatic heterocycles. The normalized spacial score (nSPS) is 21.2. The van der Waals surface area contributed by atoms with Crippen LogP contribution in [0.1, 0.15) is 62.0 Å². The number of piperidine rings is 1. The van der Waals surface area contributed by atoms with Crippen molar-refractivity contribution < 1.29 is 14.3 Å². The highest BCUT2D eigenvalue weighted by Crippen LogP contribution is 2.26. The SMILES string of the molecule is COC(=O)c1cccn1C1CCN(C(=O)C(C)N2CCCCCC2)CC1. The number of esters is 1. The molecule has 6 heteroatoms. The topological polar surface area (TPSA) is 54.8 Å². The first-order chi connectivity index (χ1) is 12.6. The van der Waals surface area contributed by atoms with Crippen molar-refractivity contribution in [3.05, 3.63) is 24.0 Å². The zero-order valence-corrected chi connectivity index (χ0v) is 16.0. The summed E-state index contributed by atoms with van der Waals surface area (Å²) in [6, 6.07) is 3.90. The molecule has 0 N–H and O–H groups in total. The number of carbonyl (C=O) groups excluding carboxylic acids is 2. The van der Waals surface area contributed by atoms with Crippen LogP contribution in [0.3, 0.4) is 0 Å². The molecule has 0 radical (unpaired) electrons. The van der Waals surface area contributed by atoms with Gasteiger partial charge in [-0.15, -0.1) is 0 Å². The van der Waals surface area contributed by atoms with Crippen LogP contribution in [0, 0.1) is 0 Å².